The van der Waals surface area contributed by atoms with Gasteiger partial charge in [-0.25, -0.2) is 0 Å². The van der Waals surface area contributed by atoms with Gasteiger partial charge in [-0.15, -0.1) is 0 Å². The van der Waals surface area contributed by atoms with Crippen LogP contribution in [0.4, 0.5) is 0 Å². The number of carbonyl (C=O) groups excluding carboxylic acids is 1. The first kappa shape index (κ1) is 17.2. The predicted octanol–water partition coefficient (Wildman–Crippen LogP) is 4.45. The second-order valence-corrected chi connectivity index (χ2v) is 6.57. The van der Waals surface area contributed by atoms with Crippen molar-refractivity contribution in [2.75, 3.05) is 13.2 Å². The lowest BCUT2D eigenvalue weighted by Gasteiger charge is -2.08. The van der Waals surface area contributed by atoms with Gasteiger partial charge in [0.05, 0.1) is 6.54 Å². The quantitative estimate of drug-likeness (QED) is 0.480. The zero-order valence-corrected chi connectivity index (χ0v) is 15.1. The van der Waals surface area contributed by atoms with Crippen LogP contribution in [0.15, 0.2) is 72.9 Å². The number of ether oxygens (including phenoxy) is 1. The lowest BCUT2D eigenvalue weighted by molar-refractivity contribution is -0.121. The number of nitrogens with one attached hydrogen (secondary N) is 2. The van der Waals surface area contributed by atoms with Crippen molar-refractivity contribution < 1.29 is 9.53 Å². The van der Waals surface area contributed by atoms with Crippen molar-refractivity contribution in [1.29, 1.82) is 0 Å². The molecule has 0 saturated carbocycles. The summed E-state index contributed by atoms with van der Waals surface area (Å²) in [7, 11) is 0. The van der Waals surface area contributed by atoms with E-state index in [9.17, 15) is 4.79 Å². The van der Waals surface area contributed by atoms with Gasteiger partial charge in [-0.05, 0) is 41.0 Å². The second kappa shape index (κ2) is 7.96. The Morgan fingerprint density at radius 2 is 1.78 bits per heavy atom. The number of benzene rings is 3. The van der Waals surface area contributed by atoms with E-state index in [2.05, 4.69) is 28.5 Å². The summed E-state index contributed by atoms with van der Waals surface area (Å²) in [6, 6.07) is 22.4. The highest BCUT2D eigenvalue weighted by Gasteiger charge is 2.06. The molecule has 1 amide bonds. The van der Waals surface area contributed by atoms with Crippen molar-refractivity contribution >= 4 is 27.6 Å². The Bertz CT molecular complexity index is 1070. The molecule has 3 aromatic carbocycles. The van der Waals surface area contributed by atoms with Crippen LogP contribution in [-0.2, 0) is 11.2 Å². The van der Waals surface area contributed by atoms with Gasteiger partial charge in [-0.3, -0.25) is 4.79 Å². The SMILES string of the molecule is O=C(CCc1c[nH]c2ccccc12)NCCOc1ccc2ccccc2c1. The zero-order chi connectivity index (χ0) is 18.5. The third-order valence-electron chi connectivity index (χ3n) is 4.71. The van der Waals surface area contributed by atoms with Crippen LogP contribution in [0.3, 0.4) is 0 Å². The molecule has 0 bridgehead atoms. The number of carbonyl (C=O) groups is 1. The maximum Gasteiger partial charge on any atom is 0.220 e. The van der Waals surface area contributed by atoms with Gasteiger partial charge in [0.25, 0.3) is 0 Å². The number of aryl methyl sites for hydroxylation is 1. The molecule has 0 aliphatic heterocycles. The minimum absolute atomic E-state index is 0.0439. The number of amides is 1. The summed E-state index contributed by atoms with van der Waals surface area (Å²) in [5.41, 5.74) is 2.28. The van der Waals surface area contributed by atoms with E-state index in [4.69, 9.17) is 4.74 Å². The molecular formula is C23H22N2O2. The van der Waals surface area contributed by atoms with Crippen LogP contribution in [0.1, 0.15) is 12.0 Å². The second-order valence-electron chi connectivity index (χ2n) is 6.57. The first-order valence-electron chi connectivity index (χ1n) is 9.23. The molecule has 4 rings (SSSR count). The van der Waals surface area contributed by atoms with E-state index in [0.717, 1.165) is 23.1 Å². The number of aromatic nitrogens is 1. The monoisotopic (exact) mass is 358 g/mol. The minimum atomic E-state index is 0.0439. The highest BCUT2D eigenvalue weighted by molar-refractivity contribution is 5.84. The minimum Gasteiger partial charge on any atom is -0.492 e. The van der Waals surface area contributed by atoms with Crippen molar-refractivity contribution in [2.45, 2.75) is 12.8 Å². The van der Waals surface area contributed by atoms with Crippen LogP contribution >= 0.6 is 0 Å². The van der Waals surface area contributed by atoms with Gasteiger partial charge in [0.1, 0.15) is 12.4 Å². The molecule has 27 heavy (non-hydrogen) atoms. The number of H-pyrrole nitrogens is 1. The van der Waals surface area contributed by atoms with E-state index >= 15 is 0 Å². The highest BCUT2D eigenvalue weighted by atomic mass is 16.5. The maximum atomic E-state index is 12.1. The van der Waals surface area contributed by atoms with Gasteiger partial charge in [-0.2, -0.15) is 0 Å². The van der Waals surface area contributed by atoms with E-state index in [-0.39, 0.29) is 5.91 Å². The summed E-state index contributed by atoms with van der Waals surface area (Å²) in [5, 5.41) is 6.45. The highest BCUT2D eigenvalue weighted by Crippen LogP contribution is 2.20. The van der Waals surface area contributed by atoms with Gasteiger partial charge in [0.2, 0.25) is 5.91 Å². The molecule has 0 unspecified atom stereocenters. The van der Waals surface area contributed by atoms with Gasteiger partial charge in [0, 0.05) is 23.5 Å². The molecule has 0 radical (unpaired) electrons. The summed E-state index contributed by atoms with van der Waals surface area (Å²) in [5.74, 6) is 0.865. The standard InChI is InChI=1S/C23H22N2O2/c26-23(12-10-19-16-25-22-8-4-3-7-21(19)22)24-13-14-27-20-11-9-17-5-1-2-6-18(17)15-20/h1-9,11,15-16,25H,10,12-14H2,(H,24,26). The van der Waals surface area contributed by atoms with Crippen LogP contribution in [0.5, 0.6) is 5.75 Å². The van der Waals surface area contributed by atoms with Crippen molar-refractivity contribution in [3.63, 3.8) is 0 Å². The molecule has 1 aromatic heterocycles. The topological polar surface area (TPSA) is 54.1 Å². The van der Waals surface area contributed by atoms with Gasteiger partial charge in [-0.1, -0.05) is 48.5 Å². The molecule has 0 aliphatic carbocycles. The van der Waals surface area contributed by atoms with Crippen LogP contribution in [0.2, 0.25) is 0 Å². The average molecular weight is 358 g/mol. The number of rotatable bonds is 7. The van der Waals surface area contributed by atoms with Crippen molar-refractivity contribution in [1.82, 2.24) is 10.3 Å². The van der Waals surface area contributed by atoms with E-state index < -0.39 is 0 Å². The molecule has 136 valence electrons. The number of aromatic amines is 1. The number of para-hydroxylation sites is 1. The van der Waals surface area contributed by atoms with Gasteiger partial charge < -0.3 is 15.0 Å². The fourth-order valence-corrected chi connectivity index (χ4v) is 3.29. The Balaban J connectivity index is 1.22. The Morgan fingerprint density at radius 3 is 2.70 bits per heavy atom. The molecule has 4 nitrogen and oxygen atoms in total. The van der Waals surface area contributed by atoms with E-state index in [0.29, 0.717) is 19.6 Å². The predicted molar refractivity (Wildman–Crippen MR) is 109 cm³/mol. The number of hydrogen-bond acceptors (Lipinski definition) is 2. The van der Waals surface area contributed by atoms with Crippen LogP contribution in [0.25, 0.3) is 21.7 Å². The van der Waals surface area contributed by atoms with E-state index in [1.54, 1.807) is 0 Å². The first-order valence-corrected chi connectivity index (χ1v) is 9.23. The number of hydrogen-bond donors (Lipinski definition) is 2. The number of fused-ring (bicyclic) bond motifs is 2. The molecule has 4 heteroatoms. The van der Waals surface area contributed by atoms with Gasteiger partial charge >= 0.3 is 0 Å². The fourth-order valence-electron chi connectivity index (χ4n) is 3.29. The molecular weight excluding hydrogens is 336 g/mol. The Hall–Kier alpha value is -3.27. The third-order valence-corrected chi connectivity index (χ3v) is 4.71. The van der Waals surface area contributed by atoms with Crippen LogP contribution in [-0.4, -0.2) is 24.0 Å². The molecule has 1 heterocycles. The molecule has 4 aromatic rings. The smallest absolute Gasteiger partial charge is 0.220 e. The van der Waals surface area contributed by atoms with Crippen molar-refractivity contribution in [3.05, 3.63) is 78.5 Å². The molecule has 0 aliphatic rings. The molecule has 0 spiro atoms. The largest absolute Gasteiger partial charge is 0.492 e. The lowest BCUT2D eigenvalue weighted by Crippen LogP contribution is -2.28. The summed E-state index contributed by atoms with van der Waals surface area (Å²) in [6.07, 6.45) is 3.18. The molecule has 0 fully saturated rings. The summed E-state index contributed by atoms with van der Waals surface area (Å²) in [4.78, 5) is 15.3. The van der Waals surface area contributed by atoms with E-state index in [1.165, 1.54) is 16.3 Å². The van der Waals surface area contributed by atoms with Crippen molar-refractivity contribution in [2.24, 2.45) is 0 Å². The Labute approximate surface area is 158 Å². The van der Waals surface area contributed by atoms with Crippen LogP contribution in [0, 0.1) is 0 Å². The Kier molecular flexibility index (Phi) is 5.06. The van der Waals surface area contributed by atoms with Gasteiger partial charge in [0.15, 0.2) is 0 Å². The maximum absolute atomic E-state index is 12.1. The lowest BCUT2D eigenvalue weighted by atomic mass is 10.1. The molecule has 2 N–H and O–H groups in total. The Morgan fingerprint density at radius 1 is 0.963 bits per heavy atom. The molecule has 0 atom stereocenters. The van der Waals surface area contributed by atoms with E-state index in [1.807, 2.05) is 54.7 Å². The third kappa shape index (κ3) is 4.11. The van der Waals surface area contributed by atoms with Crippen molar-refractivity contribution in [3.8, 4) is 5.75 Å². The molecule has 0 saturated heterocycles. The fraction of sp³-hybridized carbons (Fsp3) is 0.174. The average Bonchev–Trinajstić information content (AvgIpc) is 3.13. The van der Waals surface area contributed by atoms with Crippen LogP contribution < -0.4 is 10.1 Å². The first-order chi connectivity index (χ1) is 13.3. The zero-order valence-electron chi connectivity index (χ0n) is 15.1. The summed E-state index contributed by atoms with van der Waals surface area (Å²) < 4.78 is 5.75. The summed E-state index contributed by atoms with van der Waals surface area (Å²) in [6.45, 7) is 0.955. The normalized spacial score (nSPS) is 11.0. The summed E-state index contributed by atoms with van der Waals surface area (Å²) >= 11 is 0.